The zero-order valence-corrected chi connectivity index (χ0v) is 11.1. The summed E-state index contributed by atoms with van der Waals surface area (Å²) >= 11 is 0. The lowest BCUT2D eigenvalue weighted by atomic mass is 10.1. The van der Waals surface area contributed by atoms with Crippen LogP contribution in [0.25, 0.3) is 0 Å². The molecule has 1 atom stereocenters. The van der Waals surface area contributed by atoms with Crippen LogP contribution in [0, 0.1) is 0 Å². The van der Waals surface area contributed by atoms with Gasteiger partial charge in [0.15, 0.2) is 0 Å². The Hall–Kier alpha value is -1.55. The molecule has 1 aromatic rings. The SMILES string of the molecule is O=C(N1CCOCC1)N1CCCC1c1ccccc1. The predicted molar refractivity (Wildman–Crippen MR) is 72.9 cm³/mol. The van der Waals surface area contributed by atoms with Gasteiger partial charge in [0.25, 0.3) is 0 Å². The van der Waals surface area contributed by atoms with E-state index >= 15 is 0 Å². The minimum absolute atomic E-state index is 0.176. The number of carbonyl (C=O) groups excluding carboxylic acids is 1. The van der Waals surface area contributed by atoms with Crippen LogP contribution in [0.1, 0.15) is 24.4 Å². The molecule has 102 valence electrons. The van der Waals surface area contributed by atoms with Crippen LogP contribution >= 0.6 is 0 Å². The fourth-order valence-electron chi connectivity index (χ4n) is 2.95. The smallest absolute Gasteiger partial charge is 0.320 e. The number of nitrogens with zero attached hydrogens (tertiary/aromatic N) is 2. The van der Waals surface area contributed by atoms with Gasteiger partial charge in [0.05, 0.1) is 19.3 Å². The highest BCUT2D eigenvalue weighted by molar-refractivity contribution is 5.75. The molecular weight excluding hydrogens is 240 g/mol. The molecule has 0 aromatic heterocycles. The molecule has 3 rings (SSSR count). The Bertz CT molecular complexity index is 429. The van der Waals surface area contributed by atoms with Gasteiger partial charge in [-0.25, -0.2) is 4.79 Å². The highest BCUT2D eigenvalue weighted by Crippen LogP contribution is 2.32. The number of urea groups is 1. The Morgan fingerprint density at radius 2 is 1.84 bits per heavy atom. The summed E-state index contributed by atoms with van der Waals surface area (Å²) in [6.45, 7) is 3.63. The second-order valence-electron chi connectivity index (χ2n) is 5.14. The van der Waals surface area contributed by atoms with Crippen LogP contribution in [0.3, 0.4) is 0 Å². The van der Waals surface area contributed by atoms with Crippen molar-refractivity contribution in [2.75, 3.05) is 32.8 Å². The third-order valence-electron chi connectivity index (χ3n) is 3.96. The van der Waals surface area contributed by atoms with Crippen molar-refractivity contribution in [1.82, 2.24) is 9.80 Å². The second-order valence-corrected chi connectivity index (χ2v) is 5.14. The molecule has 19 heavy (non-hydrogen) atoms. The molecule has 0 saturated carbocycles. The Morgan fingerprint density at radius 3 is 2.58 bits per heavy atom. The molecule has 0 aliphatic carbocycles. The molecule has 4 nitrogen and oxygen atoms in total. The molecule has 0 N–H and O–H groups in total. The van der Waals surface area contributed by atoms with Crippen molar-refractivity contribution >= 4 is 6.03 Å². The summed E-state index contributed by atoms with van der Waals surface area (Å²) in [4.78, 5) is 16.5. The molecule has 2 amide bonds. The molecule has 2 aliphatic rings. The minimum Gasteiger partial charge on any atom is -0.378 e. The molecule has 2 fully saturated rings. The first-order valence-electron chi connectivity index (χ1n) is 7.04. The van der Waals surface area contributed by atoms with E-state index in [2.05, 4.69) is 12.1 Å². The summed E-state index contributed by atoms with van der Waals surface area (Å²) in [6, 6.07) is 10.8. The monoisotopic (exact) mass is 260 g/mol. The maximum absolute atomic E-state index is 12.6. The van der Waals surface area contributed by atoms with Gasteiger partial charge in [-0.2, -0.15) is 0 Å². The number of morpholine rings is 1. The number of amides is 2. The van der Waals surface area contributed by atoms with Crippen molar-refractivity contribution in [3.8, 4) is 0 Å². The third kappa shape index (κ3) is 2.59. The van der Waals surface area contributed by atoms with Crippen LogP contribution in [0.5, 0.6) is 0 Å². The van der Waals surface area contributed by atoms with E-state index in [1.165, 1.54) is 5.56 Å². The van der Waals surface area contributed by atoms with Crippen molar-refractivity contribution in [2.24, 2.45) is 0 Å². The van der Waals surface area contributed by atoms with Crippen molar-refractivity contribution in [3.63, 3.8) is 0 Å². The fourth-order valence-corrected chi connectivity index (χ4v) is 2.95. The lowest BCUT2D eigenvalue weighted by Crippen LogP contribution is -2.47. The molecule has 0 spiro atoms. The van der Waals surface area contributed by atoms with E-state index in [0.717, 1.165) is 32.5 Å². The van der Waals surface area contributed by atoms with Crippen molar-refractivity contribution in [2.45, 2.75) is 18.9 Å². The predicted octanol–water partition coefficient (Wildman–Crippen LogP) is 2.28. The topological polar surface area (TPSA) is 32.8 Å². The number of hydrogen-bond acceptors (Lipinski definition) is 2. The van der Waals surface area contributed by atoms with E-state index in [9.17, 15) is 4.79 Å². The van der Waals surface area contributed by atoms with Crippen LogP contribution in [-0.2, 0) is 4.74 Å². The van der Waals surface area contributed by atoms with Gasteiger partial charge in [-0.1, -0.05) is 30.3 Å². The summed E-state index contributed by atoms with van der Waals surface area (Å²) in [5, 5.41) is 0. The minimum atomic E-state index is 0.176. The average Bonchev–Trinajstić information content (AvgIpc) is 2.98. The Morgan fingerprint density at radius 1 is 1.11 bits per heavy atom. The Balaban J connectivity index is 1.74. The maximum atomic E-state index is 12.6. The lowest BCUT2D eigenvalue weighted by Gasteiger charge is -2.34. The molecule has 1 unspecified atom stereocenters. The summed E-state index contributed by atoms with van der Waals surface area (Å²) in [7, 11) is 0. The van der Waals surface area contributed by atoms with Crippen molar-refractivity contribution in [1.29, 1.82) is 0 Å². The van der Waals surface area contributed by atoms with E-state index in [1.54, 1.807) is 0 Å². The van der Waals surface area contributed by atoms with Crippen LogP contribution < -0.4 is 0 Å². The quantitative estimate of drug-likeness (QED) is 0.776. The van der Waals surface area contributed by atoms with Gasteiger partial charge in [-0.05, 0) is 18.4 Å². The van der Waals surface area contributed by atoms with Crippen LogP contribution in [0.2, 0.25) is 0 Å². The van der Waals surface area contributed by atoms with Crippen LogP contribution in [0.15, 0.2) is 30.3 Å². The number of rotatable bonds is 1. The van der Waals surface area contributed by atoms with Crippen LogP contribution in [0.4, 0.5) is 4.79 Å². The second kappa shape index (κ2) is 5.61. The molecule has 0 bridgehead atoms. The molecule has 1 aromatic carbocycles. The summed E-state index contributed by atoms with van der Waals surface area (Å²) in [5.74, 6) is 0. The van der Waals surface area contributed by atoms with Gasteiger partial charge in [-0.3, -0.25) is 0 Å². The van der Waals surface area contributed by atoms with E-state index in [-0.39, 0.29) is 12.1 Å². The first-order chi connectivity index (χ1) is 9.36. The van der Waals surface area contributed by atoms with Gasteiger partial charge in [0, 0.05) is 19.6 Å². The molecule has 4 heteroatoms. The highest BCUT2D eigenvalue weighted by atomic mass is 16.5. The van der Waals surface area contributed by atoms with Crippen molar-refractivity contribution in [3.05, 3.63) is 35.9 Å². The molecular formula is C15H20N2O2. The Labute approximate surface area is 113 Å². The number of likely N-dealkylation sites (tertiary alicyclic amines) is 1. The standard InChI is InChI=1S/C15H20N2O2/c18-15(16-9-11-19-12-10-16)17-8-4-7-14(17)13-5-2-1-3-6-13/h1-3,5-6,14H,4,7-12H2. The fraction of sp³-hybridized carbons (Fsp3) is 0.533. The third-order valence-corrected chi connectivity index (χ3v) is 3.96. The zero-order valence-electron chi connectivity index (χ0n) is 11.1. The van der Waals surface area contributed by atoms with E-state index < -0.39 is 0 Å². The van der Waals surface area contributed by atoms with Gasteiger partial charge < -0.3 is 14.5 Å². The van der Waals surface area contributed by atoms with Crippen LogP contribution in [-0.4, -0.2) is 48.7 Å². The molecule has 2 heterocycles. The Kier molecular flexibility index (Phi) is 3.69. The van der Waals surface area contributed by atoms with Gasteiger partial charge in [-0.15, -0.1) is 0 Å². The van der Waals surface area contributed by atoms with Gasteiger partial charge >= 0.3 is 6.03 Å². The largest absolute Gasteiger partial charge is 0.378 e. The molecule has 2 saturated heterocycles. The summed E-state index contributed by atoms with van der Waals surface area (Å²) in [5.41, 5.74) is 1.25. The van der Waals surface area contributed by atoms with Gasteiger partial charge in [0.1, 0.15) is 0 Å². The first-order valence-corrected chi connectivity index (χ1v) is 7.04. The molecule has 0 radical (unpaired) electrons. The highest BCUT2D eigenvalue weighted by Gasteiger charge is 2.33. The average molecular weight is 260 g/mol. The van der Waals surface area contributed by atoms with E-state index in [4.69, 9.17) is 4.74 Å². The normalized spacial score (nSPS) is 23.7. The lowest BCUT2D eigenvalue weighted by molar-refractivity contribution is 0.0422. The first kappa shape index (κ1) is 12.5. The zero-order chi connectivity index (χ0) is 13.1. The van der Waals surface area contributed by atoms with E-state index in [0.29, 0.717) is 13.2 Å². The number of hydrogen-bond donors (Lipinski definition) is 0. The summed E-state index contributed by atoms with van der Waals surface area (Å²) < 4.78 is 5.31. The number of carbonyl (C=O) groups is 1. The van der Waals surface area contributed by atoms with Gasteiger partial charge in [0.2, 0.25) is 0 Å². The number of ether oxygens (including phenoxy) is 1. The number of benzene rings is 1. The summed E-state index contributed by atoms with van der Waals surface area (Å²) in [6.07, 6.45) is 2.16. The van der Waals surface area contributed by atoms with E-state index in [1.807, 2.05) is 28.0 Å². The van der Waals surface area contributed by atoms with Crippen molar-refractivity contribution < 1.29 is 9.53 Å². The maximum Gasteiger partial charge on any atom is 0.320 e. The molecule has 2 aliphatic heterocycles.